The predicted octanol–water partition coefficient (Wildman–Crippen LogP) is 1.89. The SMILES string of the molecule is Cc1cccc(OCc2cn(C)c(N)n2)c1. The van der Waals surface area contributed by atoms with Crippen molar-refractivity contribution in [3.05, 3.63) is 41.7 Å². The van der Waals surface area contributed by atoms with E-state index in [9.17, 15) is 0 Å². The molecule has 0 atom stereocenters. The van der Waals surface area contributed by atoms with Crippen LogP contribution in [0, 0.1) is 6.92 Å². The van der Waals surface area contributed by atoms with E-state index in [-0.39, 0.29) is 0 Å². The first-order valence-electron chi connectivity index (χ1n) is 5.12. The molecule has 0 unspecified atom stereocenters. The molecule has 84 valence electrons. The summed E-state index contributed by atoms with van der Waals surface area (Å²) in [6.45, 7) is 2.47. The van der Waals surface area contributed by atoms with Crippen LogP contribution in [-0.4, -0.2) is 9.55 Å². The van der Waals surface area contributed by atoms with Crippen LogP contribution in [0.15, 0.2) is 30.5 Å². The molecule has 4 heteroatoms. The molecular formula is C12H15N3O. The Morgan fingerprint density at radius 1 is 1.44 bits per heavy atom. The fourth-order valence-corrected chi connectivity index (χ4v) is 1.48. The van der Waals surface area contributed by atoms with Crippen LogP contribution < -0.4 is 10.5 Å². The number of imidazole rings is 1. The molecule has 0 fully saturated rings. The van der Waals surface area contributed by atoms with Gasteiger partial charge in [-0.15, -0.1) is 0 Å². The fourth-order valence-electron chi connectivity index (χ4n) is 1.48. The molecular weight excluding hydrogens is 202 g/mol. The molecule has 2 N–H and O–H groups in total. The van der Waals surface area contributed by atoms with Crippen molar-refractivity contribution in [2.45, 2.75) is 13.5 Å². The molecule has 2 rings (SSSR count). The number of nitrogen functional groups attached to an aromatic ring is 1. The van der Waals surface area contributed by atoms with E-state index in [0.29, 0.717) is 12.6 Å². The van der Waals surface area contributed by atoms with Crippen molar-refractivity contribution in [1.82, 2.24) is 9.55 Å². The average Bonchev–Trinajstić information content (AvgIpc) is 2.56. The fraction of sp³-hybridized carbons (Fsp3) is 0.250. The van der Waals surface area contributed by atoms with Crippen molar-refractivity contribution in [1.29, 1.82) is 0 Å². The van der Waals surface area contributed by atoms with Gasteiger partial charge in [-0.3, -0.25) is 0 Å². The van der Waals surface area contributed by atoms with Crippen molar-refractivity contribution in [3.63, 3.8) is 0 Å². The number of aromatic nitrogens is 2. The molecule has 0 aliphatic rings. The van der Waals surface area contributed by atoms with Gasteiger partial charge in [0.1, 0.15) is 12.4 Å². The second-order valence-electron chi connectivity index (χ2n) is 3.81. The molecule has 1 heterocycles. The molecule has 16 heavy (non-hydrogen) atoms. The number of nitrogens with zero attached hydrogens (tertiary/aromatic N) is 2. The van der Waals surface area contributed by atoms with Gasteiger partial charge >= 0.3 is 0 Å². The minimum atomic E-state index is 0.439. The second-order valence-corrected chi connectivity index (χ2v) is 3.81. The van der Waals surface area contributed by atoms with Gasteiger partial charge < -0.3 is 15.0 Å². The molecule has 0 bridgehead atoms. The van der Waals surface area contributed by atoms with Crippen LogP contribution in [0.4, 0.5) is 5.95 Å². The van der Waals surface area contributed by atoms with E-state index in [0.717, 1.165) is 11.4 Å². The van der Waals surface area contributed by atoms with Crippen molar-refractivity contribution < 1.29 is 4.74 Å². The highest BCUT2D eigenvalue weighted by atomic mass is 16.5. The molecule has 4 nitrogen and oxygen atoms in total. The molecule has 0 aliphatic heterocycles. The van der Waals surface area contributed by atoms with Gasteiger partial charge in [0.2, 0.25) is 0 Å². The quantitative estimate of drug-likeness (QED) is 0.854. The number of ether oxygens (including phenoxy) is 1. The van der Waals surface area contributed by atoms with Crippen LogP contribution in [0.3, 0.4) is 0 Å². The molecule has 0 amide bonds. The third-order valence-corrected chi connectivity index (χ3v) is 2.34. The normalized spacial score (nSPS) is 10.4. The zero-order chi connectivity index (χ0) is 11.5. The van der Waals surface area contributed by atoms with E-state index >= 15 is 0 Å². The molecule has 0 saturated heterocycles. The van der Waals surface area contributed by atoms with Gasteiger partial charge in [-0.05, 0) is 24.6 Å². The van der Waals surface area contributed by atoms with Gasteiger partial charge in [0, 0.05) is 13.2 Å². The lowest BCUT2D eigenvalue weighted by Gasteiger charge is -2.04. The van der Waals surface area contributed by atoms with E-state index in [1.54, 1.807) is 4.57 Å². The topological polar surface area (TPSA) is 53.1 Å². The van der Waals surface area contributed by atoms with Crippen LogP contribution >= 0.6 is 0 Å². The number of aryl methyl sites for hydroxylation is 2. The summed E-state index contributed by atoms with van der Waals surface area (Å²) in [5.74, 6) is 1.35. The molecule has 1 aromatic carbocycles. The summed E-state index contributed by atoms with van der Waals surface area (Å²) in [6, 6.07) is 7.93. The number of benzene rings is 1. The van der Waals surface area contributed by atoms with E-state index in [2.05, 4.69) is 4.98 Å². The van der Waals surface area contributed by atoms with Crippen LogP contribution in [-0.2, 0) is 13.7 Å². The number of anilines is 1. The maximum absolute atomic E-state index is 5.63. The second kappa shape index (κ2) is 4.26. The Balaban J connectivity index is 2.02. The third kappa shape index (κ3) is 2.34. The van der Waals surface area contributed by atoms with E-state index < -0.39 is 0 Å². The summed E-state index contributed by atoms with van der Waals surface area (Å²) in [6.07, 6.45) is 1.87. The molecule has 2 aromatic rings. The van der Waals surface area contributed by atoms with Crippen molar-refractivity contribution in [2.75, 3.05) is 5.73 Å². The zero-order valence-electron chi connectivity index (χ0n) is 9.47. The average molecular weight is 217 g/mol. The first kappa shape index (κ1) is 10.5. The van der Waals surface area contributed by atoms with Crippen LogP contribution in [0.25, 0.3) is 0 Å². The lowest BCUT2D eigenvalue weighted by Crippen LogP contribution is -1.96. The Morgan fingerprint density at radius 3 is 2.88 bits per heavy atom. The van der Waals surface area contributed by atoms with Gasteiger partial charge in [0.15, 0.2) is 5.95 Å². The number of hydrogen-bond acceptors (Lipinski definition) is 3. The van der Waals surface area contributed by atoms with E-state index in [4.69, 9.17) is 10.5 Å². The summed E-state index contributed by atoms with van der Waals surface area (Å²) >= 11 is 0. The van der Waals surface area contributed by atoms with Gasteiger partial charge in [0.05, 0.1) is 5.69 Å². The van der Waals surface area contributed by atoms with E-state index in [1.807, 2.05) is 44.4 Å². The Bertz CT molecular complexity index is 471. The number of hydrogen-bond donors (Lipinski definition) is 1. The minimum absolute atomic E-state index is 0.439. The number of rotatable bonds is 3. The Kier molecular flexibility index (Phi) is 2.81. The van der Waals surface area contributed by atoms with Crippen molar-refractivity contribution >= 4 is 5.95 Å². The smallest absolute Gasteiger partial charge is 0.200 e. The maximum atomic E-state index is 5.63. The first-order valence-corrected chi connectivity index (χ1v) is 5.12. The van der Waals surface area contributed by atoms with Crippen LogP contribution in [0.2, 0.25) is 0 Å². The lowest BCUT2D eigenvalue weighted by atomic mass is 10.2. The Labute approximate surface area is 94.7 Å². The number of nitrogens with two attached hydrogens (primary N) is 1. The molecule has 0 spiro atoms. The molecule has 0 radical (unpaired) electrons. The summed E-state index contributed by atoms with van der Waals surface area (Å²) in [4.78, 5) is 4.16. The maximum Gasteiger partial charge on any atom is 0.200 e. The van der Waals surface area contributed by atoms with Crippen LogP contribution in [0.5, 0.6) is 5.75 Å². The lowest BCUT2D eigenvalue weighted by molar-refractivity contribution is 0.301. The highest BCUT2D eigenvalue weighted by molar-refractivity contribution is 5.28. The molecule has 1 aromatic heterocycles. The Morgan fingerprint density at radius 2 is 2.25 bits per heavy atom. The minimum Gasteiger partial charge on any atom is -0.487 e. The van der Waals surface area contributed by atoms with Gasteiger partial charge in [-0.2, -0.15) is 0 Å². The molecule has 0 saturated carbocycles. The van der Waals surface area contributed by atoms with Gasteiger partial charge in [-0.25, -0.2) is 4.98 Å². The predicted molar refractivity (Wildman–Crippen MR) is 63.1 cm³/mol. The van der Waals surface area contributed by atoms with Gasteiger partial charge in [0.25, 0.3) is 0 Å². The monoisotopic (exact) mass is 217 g/mol. The summed E-state index contributed by atoms with van der Waals surface area (Å²) in [7, 11) is 1.86. The summed E-state index contributed by atoms with van der Waals surface area (Å²) < 4.78 is 7.38. The standard InChI is InChI=1S/C12H15N3O/c1-9-4-3-5-11(6-9)16-8-10-7-15(2)12(13)14-10/h3-7H,8H2,1-2H3,(H2,13,14). The van der Waals surface area contributed by atoms with Crippen LogP contribution in [0.1, 0.15) is 11.3 Å². The highest BCUT2D eigenvalue weighted by Gasteiger charge is 2.02. The third-order valence-electron chi connectivity index (χ3n) is 2.34. The summed E-state index contributed by atoms with van der Waals surface area (Å²) in [5.41, 5.74) is 7.64. The largest absolute Gasteiger partial charge is 0.487 e. The van der Waals surface area contributed by atoms with E-state index in [1.165, 1.54) is 5.56 Å². The molecule has 0 aliphatic carbocycles. The Hall–Kier alpha value is -1.97. The summed E-state index contributed by atoms with van der Waals surface area (Å²) in [5, 5.41) is 0. The zero-order valence-corrected chi connectivity index (χ0v) is 9.47. The van der Waals surface area contributed by atoms with Gasteiger partial charge in [-0.1, -0.05) is 12.1 Å². The van der Waals surface area contributed by atoms with Crippen molar-refractivity contribution in [2.24, 2.45) is 7.05 Å². The first-order chi connectivity index (χ1) is 7.65. The highest BCUT2D eigenvalue weighted by Crippen LogP contribution is 2.14. The van der Waals surface area contributed by atoms with Crippen molar-refractivity contribution in [3.8, 4) is 5.75 Å².